The zero-order valence-electron chi connectivity index (χ0n) is 15.6. The second-order valence-electron chi connectivity index (χ2n) is 7.60. The summed E-state index contributed by atoms with van der Waals surface area (Å²) in [6.07, 6.45) is 2.82. The van der Waals surface area contributed by atoms with Crippen LogP contribution in [0.1, 0.15) is 23.1 Å². The van der Waals surface area contributed by atoms with Crippen molar-refractivity contribution in [2.75, 3.05) is 13.6 Å². The molecule has 5 heteroatoms. The van der Waals surface area contributed by atoms with E-state index in [9.17, 15) is 9.18 Å². The number of carbonyl (C=O) groups is 1. The highest BCUT2D eigenvalue weighted by atomic mass is 19.1. The van der Waals surface area contributed by atoms with Crippen LogP contribution >= 0.6 is 0 Å². The molecule has 4 nitrogen and oxygen atoms in total. The molecular weight excluding hydrogens is 341 g/mol. The van der Waals surface area contributed by atoms with Crippen molar-refractivity contribution in [1.82, 2.24) is 15.5 Å². The monoisotopic (exact) mass is 367 g/mol. The second-order valence-corrected chi connectivity index (χ2v) is 7.60. The van der Waals surface area contributed by atoms with Crippen molar-refractivity contribution in [3.8, 4) is 0 Å². The number of amides is 1. The molecule has 1 heterocycles. The molecule has 2 aromatic carbocycles. The van der Waals surface area contributed by atoms with Crippen molar-refractivity contribution in [2.24, 2.45) is 0 Å². The van der Waals surface area contributed by atoms with Gasteiger partial charge in [-0.3, -0.25) is 9.69 Å². The predicted molar refractivity (Wildman–Crippen MR) is 104 cm³/mol. The van der Waals surface area contributed by atoms with E-state index in [0.29, 0.717) is 12.6 Å². The van der Waals surface area contributed by atoms with Gasteiger partial charge in [0.25, 0.3) is 0 Å². The first-order chi connectivity index (χ1) is 13.1. The topological polar surface area (TPSA) is 44.4 Å². The van der Waals surface area contributed by atoms with Crippen molar-refractivity contribution in [3.05, 3.63) is 71.0 Å². The van der Waals surface area contributed by atoms with E-state index in [-0.39, 0.29) is 23.8 Å². The Morgan fingerprint density at radius 3 is 2.41 bits per heavy atom. The molecule has 1 aliphatic heterocycles. The number of nitrogens with one attached hydrogen (secondary N) is 2. The number of likely N-dealkylation sites (tertiary alicyclic amines) is 1. The predicted octanol–water partition coefficient (Wildman–Crippen LogP) is 2.27. The van der Waals surface area contributed by atoms with Gasteiger partial charge in [0, 0.05) is 32.2 Å². The Balaban J connectivity index is 1.43. The summed E-state index contributed by atoms with van der Waals surface area (Å²) in [5.41, 5.74) is 3.86. The Morgan fingerprint density at radius 2 is 1.78 bits per heavy atom. The van der Waals surface area contributed by atoms with Gasteiger partial charge in [0.2, 0.25) is 5.91 Å². The van der Waals surface area contributed by atoms with E-state index in [1.54, 1.807) is 19.2 Å². The van der Waals surface area contributed by atoms with Gasteiger partial charge in [-0.15, -0.1) is 0 Å². The lowest BCUT2D eigenvalue weighted by Crippen LogP contribution is -2.47. The van der Waals surface area contributed by atoms with E-state index in [4.69, 9.17) is 0 Å². The minimum atomic E-state index is -0.216. The summed E-state index contributed by atoms with van der Waals surface area (Å²) in [5, 5.41) is 6.39. The summed E-state index contributed by atoms with van der Waals surface area (Å²) < 4.78 is 13.1. The molecule has 2 aromatic rings. The zero-order valence-corrected chi connectivity index (χ0v) is 15.6. The smallest absolute Gasteiger partial charge is 0.237 e. The molecule has 0 spiro atoms. The molecular formula is C22H26FN3O. The molecule has 0 bridgehead atoms. The second kappa shape index (κ2) is 7.79. The molecule has 0 radical (unpaired) electrons. The largest absolute Gasteiger partial charge is 0.358 e. The van der Waals surface area contributed by atoms with Crippen LogP contribution in [0.3, 0.4) is 0 Å². The summed E-state index contributed by atoms with van der Waals surface area (Å²) in [7, 11) is 1.71. The Morgan fingerprint density at radius 1 is 1.11 bits per heavy atom. The molecule has 2 aliphatic rings. The zero-order chi connectivity index (χ0) is 18.8. The van der Waals surface area contributed by atoms with Gasteiger partial charge in [-0.2, -0.15) is 0 Å². The Kier molecular flexibility index (Phi) is 5.23. The molecule has 142 valence electrons. The Bertz CT molecular complexity index is 782. The summed E-state index contributed by atoms with van der Waals surface area (Å²) in [6, 6.07) is 15.7. The maximum atomic E-state index is 13.1. The number of benzene rings is 2. The van der Waals surface area contributed by atoms with Crippen molar-refractivity contribution in [1.29, 1.82) is 0 Å². The van der Waals surface area contributed by atoms with E-state index in [1.165, 1.54) is 23.3 Å². The van der Waals surface area contributed by atoms with Crippen LogP contribution in [-0.2, 0) is 24.2 Å². The van der Waals surface area contributed by atoms with E-state index in [2.05, 4.69) is 39.8 Å². The third-order valence-electron chi connectivity index (χ3n) is 5.89. The lowest BCUT2D eigenvalue weighted by Gasteiger charge is -2.29. The van der Waals surface area contributed by atoms with E-state index in [0.717, 1.165) is 31.4 Å². The van der Waals surface area contributed by atoms with Gasteiger partial charge in [-0.05, 0) is 48.1 Å². The minimum absolute atomic E-state index is 0.0945. The summed E-state index contributed by atoms with van der Waals surface area (Å²) in [5.74, 6) is -0.122. The fourth-order valence-corrected chi connectivity index (χ4v) is 4.47. The average molecular weight is 367 g/mol. The van der Waals surface area contributed by atoms with Crippen LogP contribution in [0.2, 0.25) is 0 Å². The average Bonchev–Trinajstić information content (AvgIpc) is 3.31. The van der Waals surface area contributed by atoms with Crippen molar-refractivity contribution in [2.45, 2.75) is 43.9 Å². The molecule has 2 N–H and O–H groups in total. The highest BCUT2D eigenvalue weighted by molar-refractivity contribution is 5.82. The molecule has 1 aliphatic carbocycles. The first-order valence-corrected chi connectivity index (χ1v) is 9.66. The molecule has 0 aromatic heterocycles. The summed E-state index contributed by atoms with van der Waals surface area (Å²) in [6.45, 7) is 1.54. The van der Waals surface area contributed by atoms with Crippen LogP contribution in [-0.4, -0.2) is 42.5 Å². The normalized spacial score (nSPS) is 22.7. The molecule has 1 fully saturated rings. The van der Waals surface area contributed by atoms with E-state index >= 15 is 0 Å². The van der Waals surface area contributed by atoms with Crippen LogP contribution in [0.4, 0.5) is 4.39 Å². The highest BCUT2D eigenvalue weighted by Gasteiger charge is 2.41. The van der Waals surface area contributed by atoms with Crippen molar-refractivity contribution in [3.63, 3.8) is 0 Å². The Labute approximate surface area is 159 Å². The van der Waals surface area contributed by atoms with Crippen molar-refractivity contribution >= 4 is 5.91 Å². The number of hydrogen-bond acceptors (Lipinski definition) is 3. The van der Waals surface area contributed by atoms with Gasteiger partial charge in [0.05, 0.1) is 6.04 Å². The van der Waals surface area contributed by atoms with Gasteiger partial charge in [-0.1, -0.05) is 36.4 Å². The molecule has 27 heavy (non-hydrogen) atoms. The third kappa shape index (κ3) is 3.89. The fraction of sp³-hybridized carbons (Fsp3) is 0.409. The van der Waals surface area contributed by atoms with Crippen LogP contribution in [0.25, 0.3) is 0 Å². The van der Waals surface area contributed by atoms with Gasteiger partial charge in [-0.25, -0.2) is 4.39 Å². The highest BCUT2D eigenvalue weighted by Crippen LogP contribution is 2.30. The molecule has 2 atom stereocenters. The molecule has 1 saturated heterocycles. The molecule has 4 rings (SSSR count). The van der Waals surface area contributed by atoms with Gasteiger partial charge < -0.3 is 10.6 Å². The third-order valence-corrected chi connectivity index (χ3v) is 5.89. The lowest BCUT2D eigenvalue weighted by atomic mass is 10.1. The number of rotatable bonds is 5. The lowest BCUT2D eigenvalue weighted by molar-refractivity contribution is -0.125. The maximum Gasteiger partial charge on any atom is 0.237 e. The van der Waals surface area contributed by atoms with Crippen LogP contribution in [0.5, 0.6) is 0 Å². The molecule has 0 saturated carbocycles. The van der Waals surface area contributed by atoms with Gasteiger partial charge in [0.1, 0.15) is 5.82 Å². The maximum absolute atomic E-state index is 13.1. The number of likely N-dealkylation sites (N-methyl/N-ethyl adjacent to an activating group) is 1. The summed E-state index contributed by atoms with van der Waals surface area (Å²) >= 11 is 0. The first kappa shape index (κ1) is 18.1. The quantitative estimate of drug-likeness (QED) is 0.852. The SMILES string of the molecule is CNC(=O)[C@@H]1C[C@H](NCc2ccc(F)cc2)CN1C1Cc2ccccc2C1. The molecule has 0 unspecified atom stereocenters. The number of fused-ring (bicyclic) bond motifs is 1. The number of carbonyl (C=O) groups excluding carboxylic acids is 1. The minimum Gasteiger partial charge on any atom is -0.358 e. The van der Waals surface area contributed by atoms with Crippen LogP contribution < -0.4 is 10.6 Å². The summed E-state index contributed by atoms with van der Waals surface area (Å²) in [4.78, 5) is 14.9. The number of halogens is 1. The van der Waals surface area contributed by atoms with Crippen LogP contribution in [0, 0.1) is 5.82 Å². The molecule has 1 amide bonds. The van der Waals surface area contributed by atoms with Crippen LogP contribution in [0.15, 0.2) is 48.5 Å². The van der Waals surface area contributed by atoms with Gasteiger partial charge >= 0.3 is 0 Å². The standard InChI is InChI=1S/C22H26FN3O/c1-24-22(27)21-12-19(25-13-15-6-8-18(23)9-7-15)14-26(21)20-10-16-4-2-3-5-17(16)11-20/h2-9,19-21,25H,10-14H2,1H3,(H,24,27)/t19-,21-/m0/s1. The van der Waals surface area contributed by atoms with Crippen molar-refractivity contribution < 1.29 is 9.18 Å². The van der Waals surface area contributed by atoms with E-state index in [1.807, 2.05) is 0 Å². The van der Waals surface area contributed by atoms with E-state index < -0.39 is 0 Å². The number of hydrogen-bond donors (Lipinski definition) is 2. The number of nitrogens with zero attached hydrogens (tertiary/aromatic N) is 1. The van der Waals surface area contributed by atoms with Gasteiger partial charge in [0.15, 0.2) is 0 Å². The Hall–Kier alpha value is -2.24. The first-order valence-electron chi connectivity index (χ1n) is 9.66. The fourth-order valence-electron chi connectivity index (χ4n) is 4.47.